The highest BCUT2D eigenvalue weighted by Crippen LogP contribution is 2.47. The van der Waals surface area contributed by atoms with Crippen LogP contribution in [0, 0.1) is 0 Å². The number of piperidine rings is 1. The molecule has 7 heteroatoms. The minimum atomic E-state index is -0.347. The summed E-state index contributed by atoms with van der Waals surface area (Å²) in [6, 6.07) is 6.19. The number of benzene rings is 1. The van der Waals surface area contributed by atoms with Crippen LogP contribution in [0.5, 0.6) is 0 Å². The van der Waals surface area contributed by atoms with Gasteiger partial charge in [-0.2, -0.15) is 0 Å². The number of carbonyl (C=O) groups is 2. The van der Waals surface area contributed by atoms with Gasteiger partial charge in [0.1, 0.15) is 0 Å². The first kappa shape index (κ1) is 16.1. The lowest BCUT2D eigenvalue weighted by atomic mass is 9.89. The molecule has 1 aromatic rings. The van der Waals surface area contributed by atoms with E-state index in [0.29, 0.717) is 19.7 Å². The number of halogens is 1. The van der Waals surface area contributed by atoms with Crippen LogP contribution in [0.25, 0.3) is 0 Å². The molecule has 124 valence electrons. The lowest BCUT2D eigenvalue weighted by molar-refractivity contribution is -0.116. The predicted octanol–water partition coefficient (Wildman–Crippen LogP) is 2.07. The Morgan fingerprint density at radius 3 is 2.91 bits per heavy atom. The Balaban J connectivity index is 1.91. The molecule has 2 heterocycles. The molecule has 2 N–H and O–H groups in total. The van der Waals surface area contributed by atoms with Crippen molar-refractivity contribution in [2.75, 3.05) is 31.1 Å². The molecule has 0 aromatic heterocycles. The van der Waals surface area contributed by atoms with Crippen molar-refractivity contribution in [1.29, 1.82) is 0 Å². The van der Waals surface area contributed by atoms with Crippen LogP contribution in [0.3, 0.4) is 0 Å². The van der Waals surface area contributed by atoms with E-state index in [1.165, 1.54) is 0 Å². The average molecular weight is 382 g/mol. The maximum atomic E-state index is 12.0. The SMILES string of the molecule is CCOC(=O)N1CC[C@H]2C(C1)c1cccc(Br)c1N2CC(N)=O. The van der Waals surface area contributed by atoms with Gasteiger partial charge < -0.3 is 20.3 Å². The van der Waals surface area contributed by atoms with Gasteiger partial charge in [0.05, 0.1) is 18.8 Å². The second-order valence-electron chi connectivity index (χ2n) is 5.88. The van der Waals surface area contributed by atoms with Crippen LogP contribution in [-0.4, -0.2) is 49.2 Å². The Labute approximate surface area is 143 Å². The fraction of sp³-hybridized carbons (Fsp3) is 0.500. The second-order valence-corrected chi connectivity index (χ2v) is 6.73. The zero-order valence-electron chi connectivity index (χ0n) is 13.0. The first-order valence-electron chi connectivity index (χ1n) is 7.78. The number of para-hydroxylation sites is 1. The molecule has 1 saturated heterocycles. The van der Waals surface area contributed by atoms with Crippen LogP contribution in [-0.2, 0) is 9.53 Å². The summed E-state index contributed by atoms with van der Waals surface area (Å²) in [5, 5.41) is 0. The van der Waals surface area contributed by atoms with Crippen molar-refractivity contribution >= 4 is 33.6 Å². The number of carbonyl (C=O) groups excluding carboxylic acids is 2. The Hall–Kier alpha value is -1.76. The molecule has 6 nitrogen and oxygen atoms in total. The number of nitrogens with zero attached hydrogens (tertiary/aromatic N) is 2. The molecule has 3 rings (SSSR count). The molecular weight excluding hydrogens is 362 g/mol. The van der Waals surface area contributed by atoms with E-state index in [0.717, 1.165) is 22.1 Å². The van der Waals surface area contributed by atoms with E-state index >= 15 is 0 Å². The van der Waals surface area contributed by atoms with E-state index in [1.807, 2.05) is 12.1 Å². The molecule has 2 aliphatic heterocycles. The number of fused-ring (bicyclic) bond motifs is 3. The molecule has 2 aliphatic rings. The minimum absolute atomic E-state index is 0.167. The van der Waals surface area contributed by atoms with Crippen molar-refractivity contribution in [3.05, 3.63) is 28.2 Å². The normalized spacial score (nSPS) is 22.5. The fourth-order valence-electron chi connectivity index (χ4n) is 3.66. The summed E-state index contributed by atoms with van der Waals surface area (Å²) in [5.41, 5.74) is 7.61. The van der Waals surface area contributed by atoms with E-state index < -0.39 is 0 Å². The smallest absolute Gasteiger partial charge is 0.409 e. The molecule has 1 fully saturated rings. The number of ether oxygens (including phenoxy) is 1. The van der Waals surface area contributed by atoms with E-state index in [2.05, 4.69) is 26.9 Å². The van der Waals surface area contributed by atoms with Gasteiger partial charge in [-0.3, -0.25) is 4.79 Å². The zero-order valence-corrected chi connectivity index (χ0v) is 14.6. The Morgan fingerprint density at radius 2 is 2.22 bits per heavy atom. The predicted molar refractivity (Wildman–Crippen MR) is 90.4 cm³/mol. The largest absolute Gasteiger partial charge is 0.450 e. The minimum Gasteiger partial charge on any atom is -0.450 e. The molecule has 2 amide bonds. The number of likely N-dealkylation sites (tertiary alicyclic amines) is 1. The maximum Gasteiger partial charge on any atom is 0.409 e. The fourth-order valence-corrected chi connectivity index (χ4v) is 4.27. The number of nitrogens with two attached hydrogens (primary N) is 1. The van der Waals surface area contributed by atoms with Gasteiger partial charge in [0.15, 0.2) is 0 Å². The van der Waals surface area contributed by atoms with Crippen LogP contribution in [0.2, 0.25) is 0 Å². The molecule has 2 atom stereocenters. The zero-order chi connectivity index (χ0) is 16.6. The third-order valence-electron chi connectivity index (χ3n) is 4.53. The van der Waals surface area contributed by atoms with Crippen molar-refractivity contribution in [2.45, 2.75) is 25.3 Å². The summed E-state index contributed by atoms with van der Waals surface area (Å²) in [4.78, 5) is 27.4. The Kier molecular flexibility index (Phi) is 4.48. The number of amides is 2. The first-order chi connectivity index (χ1) is 11.0. The first-order valence-corrected chi connectivity index (χ1v) is 8.57. The van der Waals surface area contributed by atoms with Crippen molar-refractivity contribution in [1.82, 2.24) is 4.90 Å². The summed E-state index contributed by atoms with van der Waals surface area (Å²) < 4.78 is 6.08. The molecule has 0 bridgehead atoms. The average Bonchev–Trinajstić information content (AvgIpc) is 2.82. The van der Waals surface area contributed by atoms with E-state index in [1.54, 1.807) is 11.8 Å². The molecule has 0 saturated carbocycles. The highest BCUT2D eigenvalue weighted by atomic mass is 79.9. The van der Waals surface area contributed by atoms with Gasteiger partial charge in [0.25, 0.3) is 0 Å². The summed E-state index contributed by atoms with van der Waals surface area (Å²) >= 11 is 3.58. The van der Waals surface area contributed by atoms with Gasteiger partial charge in [0.2, 0.25) is 5.91 Å². The number of hydrogen-bond acceptors (Lipinski definition) is 4. The highest BCUT2D eigenvalue weighted by Gasteiger charge is 2.44. The van der Waals surface area contributed by atoms with Gasteiger partial charge in [0, 0.05) is 29.5 Å². The third-order valence-corrected chi connectivity index (χ3v) is 5.17. The summed E-state index contributed by atoms with van der Waals surface area (Å²) in [7, 11) is 0. The van der Waals surface area contributed by atoms with Crippen molar-refractivity contribution in [2.24, 2.45) is 5.73 Å². The molecule has 23 heavy (non-hydrogen) atoms. The number of rotatable bonds is 3. The summed E-state index contributed by atoms with van der Waals surface area (Å²) in [6.07, 6.45) is 0.522. The van der Waals surface area contributed by atoms with Gasteiger partial charge in [-0.1, -0.05) is 12.1 Å². The monoisotopic (exact) mass is 381 g/mol. The van der Waals surface area contributed by atoms with Crippen LogP contribution < -0.4 is 10.6 Å². The molecule has 1 unspecified atom stereocenters. The van der Waals surface area contributed by atoms with Gasteiger partial charge in [-0.05, 0) is 40.9 Å². The van der Waals surface area contributed by atoms with Crippen LogP contribution >= 0.6 is 15.9 Å². The topological polar surface area (TPSA) is 75.9 Å². The Morgan fingerprint density at radius 1 is 1.43 bits per heavy atom. The maximum absolute atomic E-state index is 12.0. The van der Waals surface area contributed by atoms with Gasteiger partial charge in [-0.25, -0.2) is 4.79 Å². The van der Waals surface area contributed by atoms with Crippen molar-refractivity contribution in [3.8, 4) is 0 Å². The molecular formula is C16H20BrN3O3. The summed E-state index contributed by atoms with van der Waals surface area (Å²) in [5.74, 6) is -0.180. The molecule has 0 spiro atoms. The van der Waals surface area contributed by atoms with E-state index in [-0.39, 0.29) is 30.5 Å². The summed E-state index contributed by atoms with van der Waals surface area (Å²) in [6.45, 7) is 3.60. The highest BCUT2D eigenvalue weighted by molar-refractivity contribution is 9.10. The van der Waals surface area contributed by atoms with Crippen LogP contribution in [0.15, 0.2) is 22.7 Å². The van der Waals surface area contributed by atoms with Gasteiger partial charge >= 0.3 is 6.09 Å². The van der Waals surface area contributed by atoms with Crippen molar-refractivity contribution in [3.63, 3.8) is 0 Å². The Bertz CT molecular complexity index is 637. The van der Waals surface area contributed by atoms with E-state index in [9.17, 15) is 9.59 Å². The number of primary amides is 1. The lowest BCUT2D eigenvalue weighted by Crippen LogP contribution is -2.50. The van der Waals surface area contributed by atoms with Crippen molar-refractivity contribution < 1.29 is 14.3 Å². The lowest BCUT2D eigenvalue weighted by Gasteiger charge is -2.38. The van der Waals surface area contributed by atoms with E-state index in [4.69, 9.17) is 10.5 Å². The third kappa shape index (κ3) is 2.89. The molecule has 0 aliphatic carbocycles. The molecule has 0 radical (unpaired) electrons. The second kappa shape index (κ2) is 6.39. The molecule has 1 aromatic carbocycles. The van der Waals surface area contributed by atoms with Gasteiger partial charge in [-0.15, -0.1) is 0 Å². The number of hydrogen-bond donors (Lipinski definition) is 1. The standard InChI is InChI=1S/C16H20BrN3O3/c1-2-23-16(22)19-7-6-13-11(8-19)10-4-3-5-12(17)15(10)20(13)9-14(18)21/h3-5,11,13H,2,6-9H2,1H3,(H2,18,21)/t11?,13-/m0/s1. The quantitative estimate of drug-likeness (QED) is 0.869. The number of anilines is 1. The van der Waals surface area contributed by atoms with Crippen LogP contribution in [0.4, 0.5) is 10.5 Å². The van der Waals surface area contributed by atoms with Crippen LogP contribution in [0.1, 0.15) is 24.8 Å².